The molecule has 0 radical (unpaired) electrons. The summed E-state index contributed by atoms with van der Waals surface area (Å²) in [5, 5.41) is 3.52. The van der Waals surface area contributed by atoms with Gasteiger partial charge in [0.2, 0.25) is 0 Å². The lowest BCUT2D eigenvalue weighted by Gasteiger charge is -2.47. The largest absolute Gasteiger partial charge is 0.483 e. The van der Waals surface area contributed by atoms with Gasteiger partial charge in [0.25, 0.3) is 5.91 Å². The summed E-state index contributed by atoms with van der Waals surface area (Å²) < 4.78 is 39.4. The van der Waals surface area contributed by atoms with Gasteiger partial charge in [0.05, 0.1) is 24.1 Å². The van der Waals surface area contributed by atoms with Crippen LogP contribution < -0.4 is 15.0 Å². The number of ether oxygens (including phenoxy) is 1. The van der Waals surface area contributed by atoms with Crippen molar-refractivity contribution in [3.05, 3.63) is 35.2 Å². The second-order valence-corrected chi connectivity index (χ2v) is 13.4. The average molecular weight is 566 g/mol. The van der Waals surface area contributed by atoms with E-state index < -0.39 is 15.9 Å². The molecule has 212 valence electrons. The Morgan fingerprint density at radius 2 is 1.88 bits per heavy atom. The van der Waals surface area contributed by atoms with Crippen molar-refractivity contribution in [2.24, 2.45) is 0 Å². The zero-order valence-corrected chi connectivity index (χ0v) is 24.1. The van der Waals surface area contributed by atoms with Crippen molar-refractivity contribution in [2.45, 2.75) is 51.7 Å². The molecule has 2 aromatic rings. The number of hydrogen-bond donors (Lipinski definition) is 1. The quantitative estimate of drug-likeness (QED) is 0.562. The number of nitrogens with one attached hydrogen (secondary N) is 1. The van der Waals surface area contributed by atoms with E-state index in [0.29, 0.717) is 43.7 Å². The lowest BCUT2D eigenvalue weighted by molar-refractivity contribution is -0.132. The van der Waals surface area contributed by atoms with Gasteiger partial charge in [0, 0.05) is 32.2 Å². The van der Waals surface area contributed by atoms with E-state index in [-0.39, 0.29) is 23.5 Å². The second-order valence-electron chi connectivity index (χ2n) is 11.1. The lowest BCUT2D eigenvalue weighted by Crippen LogP contribution is -2.61. The Morgan fingerprint density at radius 1 is 1.15 bits per heavy atom. The van der Waals surface area contributed by atoms with Gasteiger partial charge in [-0.1, -0.05) is 12.0 Å². The Morgan fingerprint density at radius 3 is 2.58 bits per heavy atom. The van der Waals surface area contributed by atoms with E-state index in [2.05, 4.69) is 51.1 Å². The Kier molecular flexibility index (Phi) is 6.76. The van der Waals surface area contributed by atoms with Gasteiger partial charge in [-0.05, 0) is 75.7 Å². The molecule has 6 rings (SSSR count). The maximum Gasteiger partial charge on any atom is 0.298 e. The van der Waals surface area contributed by atoms with Gasteiger partial charge in [0.1, 0.15) is 29.8 Å². The first-order valence-corrected chi connectivity index (χ1v) is 15.7. The van der Waals surface area contributed by atoms with E-state index in [1.807, 2.05) is 11.8 Å². The Balaban J connectivity index is 1.18. The van der Waals surface area contributed by atoms with E-state index in [1.54, 1.807) is 11.8 Å². The Labute approximate surface area is 237 Å². The van der Waals surface area contributed by atoms with Gasteiger partial charge < -0.3 is 19.9 Å². The maximum absolute atomic E-state index is 12.0. The molecule has 1 amide bonds. The summed E-state index contributed by atoms with van der Waals surface area (Å²) in [6, 6.07) is 3.63. The molecular weight excluding hydrogens is 528 g/mol. The summed E-state index contributed by atoms with van der Waals surface area (Å²) in [5.41, 5.74) is 3.95. The van der Waals surface area contributed by atoms with Gasteiger partial charge in [-0.25, -0.2) is 18.4 Å². The Hall–Kier alpha value is -3.36. The van der Waals surface area contributed by atoms with Crippen LogP contribution in [0.5, 0.6) is 5.75 Å². The lowest BCUT2D eigenvalue weighted by atomic mass is 9.87. The molecular formula is C29H36N6O4S. The number of nitrogens with zero attached hydrogens (tertiary/aromatic N) is 5. The molecule has 40 heavy (non-hydrogen) atoms. The molecule has 1 aromatic heterocycles. The maximum atomic E-state index is 12.0. The number of piperidine rings is 1. The molecule has 10 nitrogen and oxygen atoms in total. The monoisotopic (exact) mass is 565 g/mol. The number of sulfone groups is 1. The van der Waals surface area contributed by atoms with Crippen molar-refractivity contribution in [3.8, 4) is 17.6 Å². The van der Waals surface area contributed by atoms with Crippen molar-refractivity contribution >= 4 is 33.1 Å². The van der Waals surface area contributed by atoms with Crippen LogP contribution in [0.1, 0.15) is 56.8 Å². The molecule has 4 aliphatic heterocycles. The third kappa shape index (κ3) is 5.10. The number of carbonyl (C=O) groups excluding carboxylic acids is 1. The van der Waals surface area contributed by atoms with Gasteiger partial charge in [-0.3, -0.25) is 9.69 Å². The van der Waals surface area contributed by atoms with Gasteiger partial charge in [-0.2, -0.15) is 0 Å². The van der Waals surface area contributed by atoms with E-state index in [1.165, 1.54) is 11.9 Å². The van der Waals surface area contributed by atoms with Crippen molar-refractivity contribution in [1.29, 1.82) is 0 Å². The van der Waals surface area contributed by atoms with Crippen molar-refractivity contribution in [3.63, 3.8) is 0 Å². The summed E-state index contributed by atoms with van der Waals surface area (Å²) in [4.78, 5) is 27.0. The minimum atomic E-state index is -3.01. The van der Waals surface area contributed by atoms with Crippen LogP contribution in [0, 0.1) is 18.8 Å². The third-order valence-corrected chi connectivity index (χ3v) is 10.0. The summed E-state index contributed by atoms with van der Waals surface area (Å²) in [6.07, 6.45) is 3.06. The number of rotatable bonds is 3. The number of amides is 1. The van der Waals surface area contributed by atoms with Gasteiger partial charge in [0.15, 0.2) is 9.84 Å². The molecule has 1 N–H and O–H groups in total. The van der Waals surface area contributed by atoms with Crippen molar-refractivity contribution in [2.75, 3.05) is 61.0 Å². The summed E-state index contributed by atoms with van der Waals surface area (Å²) in [5.74, 6) is 7.76. The molecule has 5 heterocycles. The Bertz CT molecular complexity index is 1530. The predicted octanol–water partition coefficient (Wildman–Crippen LogP) is 2.63. The molecule has 0 saturated carbocycles. The highest BCUT2D eigenvalue weighted by Gasteiger charge is 2.37. The molecule has 0 aliphatic carbocycles. The van der Waals surface area contributed by atoms with Crippen LogP contribution in [0.25, 0.3) is 0 Å². The van der Waals surface area contributed by atoms with Crippen LogP contribution in [-0.2, 0) is 14.6 Å². The number of anilines is 3. The molecule has 3 saturated heterocycles. The first-order valence-electron chi connectivity index (χ1n) is 14.4. The fourth-order valence-corrected chi connectivity index (χ4v) is 7.34. The molecule has 1 atom stereocenters. The molecule has 4 aliphatic rings. The van der Waals surface area contributed by atoms with Crippen LogP contribution in [-0.4, -0.2) is 90.9 Å². The number of aromatic nitrogens is 2. The normalized spacial score (nSPS) is 24.1. The first-order chi connectivity index (χ1) is 19.6. The number of carbonyl (C=O) groups is 1. The predicted molar refractivity (Wildman–Crippen MR) is 154 cm³/mol. The standard InChI is InChI=1S/C29H36N6O4S/c1-4-5-25(36)35-16-23(17-35)33-8-6-21(7-9-33)22-14-19(2)27-24(15-22)32-28-26(20(3)39-27)29(31-18-30-28)34-10-12-40(37,38)13-11-34/h14-15,18,20-21,23H,6-13,16-17H2,1-3H3,(H,30,31,32)/t20-/m1/s1/i23D. The van der Waals surface area contributed by atoms with Crippen LogP contribution in [0.15, 0.2) is 18.5 Å². The number of benzene rings is 1. The minimum absolute atomic E-state index is 0.112. The van der Waals surface area contributed by atoms with Gasteiger partial charge >= 0.3 is 0 Å². The zero-order chi connectivity index (χ0) is 28.9. The SMILES string of the molecule is [2H]C1(N2CCC(c3cc(C)c4c(c3)Nc3ncnc(N5CCS(=O)(=O)CC5)c3[C@@H](C)O4)CC2)CN(C(=O)C#CC)C1. The van der Waals surface area contributed by atoms with E-state index in [0.717, 1.165) is 48.5 Å². The average Bonchev–Trinajstić information content (AvgIpc) is 3.07. The fourth-order valence-electron chi connectivity index (χ4n) is 6.14. The summed E-state index contributed by atoms with van der Waals surface area (Å²) >= 11 is 0. The van der Waals surface area contributed by atoms with Crippen LogP contribution >= 0.6 is 0 Å². The zero-order valence-electron chi connectivity index (χ0n) is 24.2. The number of aryl methyl sites for hydroxylation is 1. The number of hydrogen-bond acceptors (Lipinski definition) is 9. The minimum Gasteiger partial charge on any atom is -0.483 e. The highest BCUT2D eigenvalue weighted by molar-refractivity contribution is 7.91. The molecule has 0 unspecified atom stereocenters. The van der Waals surface area contributed by atoms with E-state index in [4.69, 9.17) is 6.11 Å². The summed E-state index contributed by atoms with van der Waals surface area (Å²) in [6.45, 7) is 8.89. The summed E-state index contributed by atoms with van der Waals surface area (Å²) in [7, 11) is -3.01. The molecule has 0 spiro atoms. The molecule has 3 fully saturated rings. The van der Waals surface area contributed by atoms with Crippen LogP contribution in [0.2, 0.25) is 0 Å². The molecule has 11 heteroatoms. The number of fused-ring (bicyclic) bond motifs is 2. The van der Waals surface area contributed by atoms with Gasteiger partial charge in [-0.15, -0.1) is 0 Å². The van der Waals surface area contributed by atoms with Crippen LogP contribution in [0.3, 0.4) is 0 Å². The van der Waals surface area contributed by atoms with E-state index >= 15 is 0 Å². The number of likely N-dealkylation sites (tertiary alicyclic amines) is 2. The fraction of sp³-hybridized carbons (Fsp3) is 0.552. The second kappa shape index (κ2) is 10.6. The van der Waals surface area contributed by atoms with Crippen LogP contribution in [0.4, 0.5) is 17.3 Å². The van der Waals surface area contributed by atoms with Crippen molar-refractivity contribution in [1.82, 2.24) is 19.8 Å². The molecule has 0 bridgehead atoms. The third-order valence-electron chi connectivity index (χ3n) is 8.44. The first kappa shape index (κ1) is 25.6. The highest BCUT2D eigenvalue weighted by Crippen LogP contribution is 2.45. The highest BCUT2D eigenvalue weighted by atomic mass is 32.2. The smallest absolute Gasteiger partial charge is 0.298 e. The van der Waals surface area contributed by atoms with E-state index in [9.17, 15) is 13.2 Å². The van der Waals surface area contributed by atoms with Crippen molar-refractivity contribution < 1.29 is 19.3 Å². The topological polar surface area (TPSA) is 108 Å². The molecule has 1 aromatic carbocycles.